The van der Waals surface area contributed by atoms with Gasteiger partial charge in [0.2, 0.25) is 0 Å². The van der Waals surface area contributed by atoms with Crippen molar-refractivity contribution in [1.82, 2.24) is 19.5 Å². The Balaban J connectivity index is 1.78. The van der Waals surface area contributed by atoms with Crippen LogP contribution in [0.3, 0.4) is 0 Å². The number of rotatable bonds is 4. The predicted octanol–water partition coefficient (Wildman–Crippen LogP) is 3.20. The van der Waals surface area contributed by atoms with E-state index in [9.17, 15) is 13.6 Å². The molecule has 0 N–H and O–H groups in total. The zero-order chi connectivity index (χ0) is 17.3. The van der Waals surface area contributed by atoms with Crippen LogP contribution in [0.15, 0.2) is 30.6 Å². The van der Waals surface area contributed by atoms with E-state index in [4.69, 9.17) is 4.74 Å². The van der Waals surface area contributed by atoms with Gasteiger partial charge < -0.3 is 4.74 Å². The van der Waals surface area contributed by atoms with E-state index in [-0.39, 0.29) is 18.0 Å². The van der Waals surface area contributed by atoms with Crippen molar-refractivity contribution in [2.75, 3.05) is 0 Å². The lowest BCUT2D eigenvalue weighted by Gasteiger charge is -2.08. The lowest BCUT2D eigenvalue weighted by Crippen LogP contribution is -2.10. The summed E-state index contributed by atoms with van der Waals surface area (Å²) in [5.74, 6) is -0.661. The van der Waals surface area contributed by atoms with Gasteiger partial charge in [-0.1, -0.05) is 0 Å². The van der Waals surface area contributed by atoms with Gasteiger partial charge in [0.25, 0.3) is 0 Å². The number of fused-ring (bicyclic) bond motifs is 1. The zero-order valence-electron chi connectivity index (χ0n) is 13.0. The third-order valence-electron chi connectivity index (χ3n) is 3.60. The molecule has 0 atom stereocenters. The van der Waals surface area contributed by atoms with Gasteiger partial charge in [0.15, 0.2) is 5.82 Å². The first-order valence-electron chi connectivity index (χ1n) is 7.17. The van der Waals surface area contributed by atoms with Crippen LogP contribution in [0.2, 0.25) is 0 Å². The number of hydrogen-bond donors (Lipinski definition) is 0. The molecule has 0 unspecified atom stereocenters. The van der Waals surface area contributed by atoms with Gasteiger partial charge in [-0.2, -0.15) is 8.78 Å². The molecular weight excluding hydrogens is 318 g/mol. The van der Waals surface area contributed by atoms with E-state index in [0.717, 1.165) is 17.6 Å². The van der Waals surface area contributed by atoms with E-state index >= 15 is 0 Å². The first-order valence-corrected chi connectivity index (χ1v) is 7.17. The van der Waals surface area contributed by atoms with Crippen molar-refractivity contribution in [2.24, 2.45) is 0 Å². The molecule has 8 heteroatoms. The molecule has 3 aromatic rings. The number of esters is 1. The summed E-state index contributed by atoms with van der Waals surface area (Å²) in [4.78, 5) is 24.6. The summed E-state index contributed by atoms with van der Waals surface area (Å²) in [6.45, 7) is 0.613. The molecule has 0 bridgehead atoms. The van der Waals surface area contributed by atoms with Crippen LogP contribution >= 0.6 is 0 Å². The predicted molar refractivity (Wildman–Crippen MR) is 81.6 cm³/mol. The molecule has 3 rings (SSSR count). The van der Waals surface area contributed by atoms with E-state index in [1.54, 1.807) is 18.2 Å². The van der Waals surface area contributed by atoms with Crippen LogP contribution in [0.1, 0.15) is 34.1 Å². The molecule has 0 saturated carbocycles. The summed E-state index contributed by atoms with van der Waals surface area (Å²) < 4.78 is 31.1. The Morgan fingerprint density at radius 1 is 1.21 bits per heavy atom. The summed E-state index contributed by atoms with van der Waals surface area (Å²) in [6.07, 6.45) is 2.36. The molecule has 24 heavy (non-hydrogen) atoms. The van der Waals surface area contributed by atoms with E-state index in [1.165, 1.54) is 6.20 Å². The number of imidazole rings is 1. The minimum absolute atomic E-state index is 0.0228. The van der Waals surface area contributed by atoms with Crippen LogP contribution in [0.25, 0.3) is 11.0 Å². The number of aryl methyl sites for hydroxylation is 2. The highest BCUT2D eigenvalue weighted by atomic mass is 19.3. The quantitative estimate of drug-likeness (QED) is 0.686. The number of halogens is 2. The highest BCUT2D eigenvalue weighted by Gasteiger charge is 2.15. The van der Waals surface area contributed by atoms with E-state index in [0.29, 0.717) is 15.6 Å². The first-order chi connectivity index (χ1) is 11.5. The second kappa shape index (κ2) is 6.31. The maximum Gasteiger partial charge on any atom is 0.338 e. The van der Waals surface area contributed by atoms with Gasteiger partial charge >= 0.3 is 12.5 Å². The van der Waals surface area contributed by atoms with E-state index < -0.39 is 12.5 Å². The molecule has 2 aromatic heterocycles. The van der Waals surface area contributed by atoms with E-state index in [2.05, 4.69) is 15.0 Å². The molecule has 0 fully saturated rings. The number of benzene rings is 1. The molecular formula is C16H14F2N4O2. The summed E-state index contributed by atoms with van der Waals surface area (Å²) in [6, 6.07) is 4.80. The Hall–Kier alpha value is -2.90. The second-order valence-corrected chi connectivity index (χ2v) is 5.20. The van der Waals surface area contributed by atoms with Gasteiger partial charge in [0.1, 0.15) is 6.61 Å². The Labute approximate surface area is 136 Å². The van der Waals surface area contributed by atoms with Crippen molar-refractivity contribution in [3.63, 3.8) is 0 Å². The number of carbonyl (C=O) groups is 1. The van der Waals surface area contributed by atoms with Gasteiger partial charge in [-0.05, 0) is 32.0 Å². The van der Waals surface area contributed by atoms with Crippen LogP contribution in [-0.4, -0.2) is 25.5 Å². The molecule has 0 aliphatic carbocycles. The monoisotopic (exact) mass is 332 g/mol. The maximum absolute atomic E-state index is 12.7. The van der Waals surface area contributed by atoms with Gasteiger partial charge in [0, 0.05) is 12.4 Å². The largest absolute Gasteiger partial charge is 0.454 e. The normalized spacial score (nSPS) is 11.2. The summed E-state index contributed by atoms with van der Waals surface area (Å²) in [5.41, 5.74) is 3.10. The van der Waals surface area contributed by atoms with Crippen LogP contribution in [-0.2, 0) is 11.3 Å². The Morgan fingerprint density at radius 2 is 1.92 bits per heavy atom. The smallest absolute Gasteiger partial charge is 0.338 e. The molecule has 0 radical (unpaired) electrons. The van der Waals surface area contributed by atoms with Crippen LogP contribution in [0.5, 0.6) is 0 Å². The van der Waals surface area contributed by atoms with Crippen LogP contribution in [0, 0.1) is 13.8 Å². The van der Waals surface area contributed by atoms with Crippen LogP contribution < -0.4 is 0 Å². The molecule has 0 aliphatic heterocycles. The zero-order valence-corrected chi connectivity index (χ0v) is 13.0. The number of nitrogens with zero attached hydrogens (tertiary/aromatic N) is 4. The SMILES string of the molecule is Cc1nc2ccc(C(=O)OCc3nccn3C(F)F)cc2nc1C. The fraction of sp³-hybridized carbons (Fsp3) is 0.250. The Morgan fingerprint density at radius 3 is 2.62 bits per heavy atom. The van der Waals surface area contributed by atoms with Gasteiger partial charge in [-0.25, -0.2) is 19.7 Å². The van der Waals surface area contributed by atoms with Gasteiger partial charge in [-0.15, -0.1) is 0 Å². The molecule has 2 heterocycles. The first kappa shape index (κ1) is 16.0. The minimum atomic E-state index is -2.73. The second-order valence-electron chi connectivity index (χ2n) is 5.20. The fourth-order valence-corrected chi connectivity index (χ4v) is 2.20. The minimum Gasteiger partial charge on any atom is -0.454 e. The third kappa shape index (κ3) is 3.08. The van der Waals surface area contributed by atoms with Gasteiger partial charge in [0.05, 0.1) is 28.0 Å². The molecule has 0 saturated heterocycles. The molecule has 6 nitrogen and oxygen atoms in total. The molecule has 124 valence electrons. The number of ether oxygens (including phenoxy) is 1. The number of carbonyl (C=O) groups excluding carboxylic acids is 1. The Bertz CT molecular complexity index is 908. The van der Waals surface area contributed by atoms with Crippen molar-refractivity contribution in [1.29, 1.82) is 0 Å². The van der Waals surface area contributed by atoms with Crippen molar-refractivity contribution >= 4 is 17.0 Å². The summed E-state index contributed by atoms with van der Waals surface area (Å²) >= 11 is 0. The average molecular weight is 332 g/mol. The van der Waals surface area contributed by atoms with E-state index in [1.807, 2.05) is 13.8 Å². The Kier molecular flexibility index (Phi) is 4.20. The molecule has 0 spiro atoms. The lowest BCUT2D eigenvalue weighted by atomic mass is 10.2. The summed E-state index contributed by atoms with van der Waals surface area (Å²) in [5, 5.41) is 0. The van der Waals surface area contributed by atoms with Crippen molar-refractivity contribution < 1.29 is 18.3 Å². The average Bonchev–Trinajstić information content (AvgIpc) is 3.02. The summed E-state index contributed by atoms with van der Waals surface area (Å²) in [7, 11) is 0. The third-order valence-corrected chi connectivity index (χ3v) is 3.60. The molecule has 0 amide bonds. The highest BCUT2D eigenvalue weighted by molar-refractivity contribution is 5.93. The topological polar surface area (TPSA) is 69.9 Å². The van der Waals surface area contributed by atoms with Crippen LogP contribution in [0.4, 0.5) is 8.78 Å². The van der Waals surface area contributed by atoms with Crippen molar-refractivity contribution in [3.05, 3.63) is 53.4 Å². The standard InChI is InChI=1S/C16H14F2N4O2/c1-9-10(2)21-13-7-11(3-4-12(13)20-9)15(23)24-8-14-19-5-6-22(14)16(17)18/h3-7,16H,8H2,1-2H3. The maximum atomic E-state index is 12.7. The van der Waals surface area contributed by atoms with Gasteiger partial charge in [-0.3, -0.25) is 4.57 Å². The lowest BCUT2D eigenvalue weighted by molar-refractivity contribution is 0.0376. The van der Waals surface area contributed by atoms with Crippen molar-refractivity contribution in [3.8, 4) is 0 Å². The molecule has 0 aliphatic rings. The molecule has 1 aromatic carbocycles. The number of alkyl halides is 2. The number of aromatic nitrogens is 4. The van der Waals surface area contributed by atoms with Crippen molar-refractivity contribution in [2.45, 2.75) is 27.0 Å². The fourth-order valence-electron chi connectivity index (χ4n) is 2.20. The highest BCUT2D eigenvalue weighted by Crippen LogP contribution is 2.17. The number of hydrogen-bond acceptors (Lipinski definition) is 5.